The highest BCUT2D eigenvalue weighted by atomic mass is 19.4. The summed E-state index contributed by atoms with van der Waals surface area (Å²) >= 11 is 0. The Morgan fingerprint density at radius 3 is 2.23 bits per heavy atom. The normalized spacial score (nSPS) is 42.8. The fourth-order valence-corrected chi connectivity index (χ4v) is 7.42. The molecular formula is C26H43F3N4O2. The van der Waals surface area contributed by atoms with E-state index >= 15 is 0 Å². The zero-order valence-electron chi connectivity index (χ0n) is 21.5. The zero-order chi connectivity index (χ0) is 25.5. The first kappa shape index (κ1) is 26.6. The lowest BCUT2D eigenvalue weighted by atomic mass is 9.65. The van der Waals surface area contributed by atoms with Gasteiger partial charge in [-0.15, -0.1) is 0 Å². The van der Waals surface area contributed by atoms with Gasteiger partial charge in [0.2, 0.25) is 5.91 Å². The quantitative estimate of drug-likeness (QED) is 0.541. The van der Waals surface area contributed by atoms with Crippen LogP contribution in [0.2, 0.25) is 0 Å². The number of urea groups is 1. The SMILES string of the molecule is CC1CC2C(CN1)CC(C1CC(NC(=O)NC3CCC(C)C(C(F)(F)F)C3)CCC1C)C(=O)N2C. The van der Waals surface area contributed by atoms with E-state index in [-0.39, 0.29) is 36.2 Å². The summed E-state index contributed by atoms with van der Waals surface area (Å²) in [6.45, 7) is 6.96. The number of amides is 3. The maximum Gasteiger partial charge on any atom is 0.392 e. The number of fused-ring (bicyclic) bond motifs is 1. The van der Waals surface area contributed by atoms with E-state index in [1.54, 1.807) is 6.92 Å². The van der Waals surface area contributed by atoms with E-state index < -0.39 is 24.1 Å². The van der Waals surface area contributed by atoms with E-state index in [4.69, 9.17) is 0 Å². The van der Waals surface area contributed by atoms with Crippen molar-refractivity contribution in [2.45, 2.75) is 102 Å². The number of hydrogen-bond acceptors (Lipinski definition) is 3. The molecule has 4 rings (SSSR count). The lowest BCUT2D eigenvalue weighted by molar-refractivity contribution is -0.196. The Bertz CT molecular complexity index is 778. The Balaban J connectivity index is 1.33. The van der Waals surface area contributed by atoms with Crippen molar-refractivity contribution >= 4 is 11.9 Å². The number of nitrogens with one attached hydrogen (secondary N) is 3. The average Bonchev–Trinajstić information content (AvgIpc) is 2.78. The number of nitrogens with zero attached hydrogens (tertiary/aromatic N) is 1. The van der Waals surface area contributed by atoms with Crippen LogP contribution in [0, 0.1) is 35.5 Å². The smallest absolute Gasteiger partial charge is 0.342 e. The van der Waals surface area contributed by atoms with Crippen LogP contribution < -0.4 is 16.0 Å². The number of alkyl halides is 3. The molecule has 4 aliphatic rings. The van der Waals surface area contributed by atoms with E-state index in [9.17, 15) is 22.8 Å². The van der Waals surface area contributed by atoms with Crippen LogP contribution in [0.25, 0.3) is 0 Å². The van der Waals surface area contributed by atoms with Crippen molar-refractivity contribution in [2.24, 2.45) is 35.5 Å². The third-order valence-electron chi connectivity index (χ3n) is 9.65. The van der Waals surface area contributed by atoms with E-state index in [1.807, 2.05) is 11.9 Å². The minimum absolute atomic E-state index is 0.0357. The van der Waals surface area contributed by atoms with Gasteiger partial charge in [0.1, 0.15) is 0 Å². The van der Waals surface area contributed by atoms with E-state index in [2.05, 4.69) is 29.8 Å². The third kappa shape index (κ3) is 5.91. The summed E-state index contributed by atoms with van der Waals surface area (Å²) in [4.78, 5) is 28.1. The Morgan fingerprint density at radius 2 is 1.57 bits per heavy atom. The standard InChI is InChI=1S/C26H43F3N4O2/c1-14-5-7-18(31-25(35)32-19-8-6-15(2)22(12-19)26(27,28)29)11-20(14)21-10-17-13-30-16(3)9-23(17)33(4)24(21)34/h14-23,30H,5-13H2,1-4H3,(H2,31,32,35). The molecule has 0 bridgehead atoms. The molecule has 6 nitrogen and oxygen atoms in total. The van der Waals surface area contributed by atoms with Crippen molar-refractivity contribution in [2.75, 3.05) is 13.6 Å². The molecule has 9 heteroatoms. The van der Waals surface area contributed by atoms with Gasteiger partial charge >= 0.3 is 12.2 Å². The highest BCUT2D eigenvalue weighted by Crippen LogP contribution is 2.44. The lowest BCUT2D eigenvalue weighted by Gasteiger charge is -2.50. The molecule has 2 aliphatic heterocycles. The number of carbonyl (C=O) groups is 2. The molecule has 2 saturated carbocycles. The van der Waals surface area contributed by atoms with Crippen LogP contribution >= 0.6 is 0 Å². The minimum atomic E-state index is -4.23. The van der Waals surface area contributed by atoms with Crippen molar-refractivity contribution in [3.8, 4) is 0 Å². The predicted molar refractivity (Wildman–Crippen MR) is 129 cm³/mol. The van der Waals surface area contributed by atoms with Gasteiger partial charge in [-0.1, -0.05) is 13.8 Å². The molecular weight excluding hydrogens is 457 g/mol. The molecule has 2 saturated heterocycles. The molecule has 200 valence electrons. The monoisotopic (exact) mass is 500 g/mol. The molecule has 0 radical (unpaired) electrons. The van der Waals surface area contributed by atoms with Crippen LogP contribution in [0.15, 0.2) is 0 Å². The molecule has 35 heavy (non-hydrogen) atoms. The van der Waals surface area contributed by atoms with Gasteiger partial charge in [0, 0.05) is 43.7 Å². The highest BCUT2D eigenvalue weighted by molar-refractivity contribution is 5.80. The summed E-state index contributed by atoms with van der Waals surface area (Å²) in [6.07, 6.45) is 1.14. The fraction of sp³-hybridized carbons (Fsp3) is 0.923. The van der Waals surface area contributed by atoms with Gasteiger partial charge in [-0.25, -0.2) is 4.79 Å². The summed E-state index contributed by atoms with van der Waals surface area (Å²) in [6, 6.07) is -0.170. The molecule has 0 aromatic rings. The van der Waals surface area contributed by atoms with Gasteiger partial charge in [-0.2, -0.15) is 13.2 Å². The number of piperidine rings is 2. The molecule has 0 spiro atoms. The van der Waals surface area contributed by atoms with Gasteiger partial charge in [0.15, 0.2) is 0 Å². The fourth-order valence-electron chi connectivity index (χ4n) is 7.42. The summed E-state index contributed by atoms with van der Waals surface area (Å²) < 4.78 is 40.1. The van der Waals surface area contributed by atoms with Gasteiger partial charge in [0.05, 0.1) is 5.92 Å². The van der Waals surface area contributed by atoms with Gasteiger partial charge in [-0.05, 0) is 82.0 Å². The summed E-state index contributed by atoms with van der Waals surface area (Å²) in [5, 5.41) is 9.42. The predicted octanol–water partition coefficient (Wildman–Crippen LogP) is 4.30. The first-order valence-electron chi connectivity index (χ1n) is 13.6. The Labute approximate surface area is 207 Å². The summed E-state index contributed by atoms with van der Waals surface area (Å²) in [5.74, 6) is -0.518. The second-order valence-electron chi connectivity index (χ2n) is 12.1. The summed E-state index contributed by atoms with van der Waals surface area (Å²) in [7, 11) is 1.94. The topological polar surface area (TPSA) is 73.5 Å². The molecule has 2 heterocycles. The largest absolute Gasteiger partial charge is 0.392 e. The van der Waals surface area contributed by atoms with Crippen molar-refractivity contribution in [3.63, 3.8) is 0 Å². The molecule has 3 N–H and O–H groups in total. The van der Waals surface area contributed by atoms with Crippen LogP contribution in [-0.4, -0.2) is 60.8 Å². The Kier molecular flexibility index (Phi) is 7.94. The summed E-state index contributed by atoms with van der Waals surface area (Å²) in [5.41, 5.74) is 0. The van der Waals surface area contributed by atoms with Crippen LogP contribution in [0.5, 0.6) is 0 Å². The molecule has 10 unspecified atom stereocenters. The minimum Gasteiger partial charge on any atom is -0.342 e. The number of halogens is 3. The number of rotatable bonds is 3. The van der Waals surface area contributed by atoms with E-state index in [0.29, 0.717) is 36.8 Å². The van der Waals surface area contributed by atoms with Gasteiger partial charge < -0.3 is 20.9 Å². The average molecular weight is 501 g/mol. The lowest BCUT2D eigenvalue weighted by Crippen LogP contribution is -2.60. The van der Waals surface area contributed by atoms with Crippen molar-refractivity contribution in [1.82, 2.24) is 20.9 Å². The first-order valence-corrected chi connectivity index (χ1v) is 13.6. The molecule has 0 aromatic carbocycles. The van der Waals surface area contributed by atoms with Crippen LogP contribution in [0.4, 0.5) is 18.0 Å². The Morgan fingerprint density at radius 1 is 0.943 bits per heavy atom. The highest BCUT2D eigenvalue weighted by Gasteiger charge is 2.48. The number of carbonyl (C=O) groups excluding carboxylic acids is 2. The van der Waals surface area contributed by atoms with E-state index in [1.165, 1.54) is 0 Å². The van der Waals surface area contributed by atoms with E-state index in [0.717, 1.165) is 38.6 Å². The van der Waals surface area contributed by atoms with Gasteiger partial charge in [-0.3, -0.25) is 4.79 Å². The van der Waals surface area contributed by atoms with Crippen molar-refractivity contribution < 1.29 is 22.8 Å². The molecule has 0 aromatic heterocycles. The molecule has 4 fully saturated rings. The second-order valence-corrected chi connectivity index (χ2v) is 12.1. The Hall–Kier alpha value is -1.51. The molecule has 2 aliphatic carbocycles. The zero-order valence-corrected chi connectivity index (χ0v) is 21.5. The maximum absolute atomic E-state index is 13.4. The van der Waals surface area contributed by atoms with Crippen molar-refractivity contribution in [3.05, 3.63) is 0 Å². The number of likely N-dealkylation sites (tertiary alicyclic amines) is 1. The van der Waals surface area contributed by atoms with Crippen LogP contribution in [0.3, 0.4) is 0 Å². The maximum atomic E-state index is 13.4. The number of hydrogen-bond donors (Lipinski definition) is 3. The second kappa shape index (κ2) is 10.5. The third-order valence-corrected chi connectivity index (χ3v) is 9.65. The molecule has 10 atom stereocenters. The van der Waals surface area contributed by atoms with Gasteiger partial charge in [0.25, 0.3) is 0 Å². The first-order chi connectivity index (χ1) is 16.4. The molecule has 3 amide bonds. The van der Waals surface area contributed by atoms with Crippen LogP contribution in [0.1, 0.15) is 72.1 Å². The van der Waals surface area contributed by atoms with Crippen LogP contribution in [-0.2, 0) is 4.79 Å². The van der Waals surface area contributed by atoms with Crippen molar-refractivity contribution in [1.29, 1.82) is 0 Å².